The van der Waals surface area contributed by atoms with Crippen LogP contribution in [-0.4, -0.2) is 17.3 Å². The molecule has 1 aromatic rings. The van der Waals surface area contributed by atoms with E-state index in [1.807, 2.05) is 6.26 Å². The van der Waals surface area contributed by atoms with Gasteiger partial charge in [-0.25, -0.2) is 4.79 Å². The first-order valence-corrected chi connectivity index (χ1v) is 4.34. The molecule has 0 spiro atoms. The molecule has 0 aromatic heterocycles. The lowest BCUT2D eigenvalue weighted by molar-refractivity contribution is 0.0697. The van der Waals surface area contributed by atoms with Crippen molar-refractivity contribution in [1.29, 1.82) is 0 Å². The van der Waals surface area contributed by atoms with Gasteiger partial charge in [-0.15, -0.1) is 11.8 Å². The van der Waals surface area contributed by atoms with Crippen molar-refractivity contribution in [3.63, 3.8) is 0 Å². The Hall–Kier alpha value is -0.960. The molecule has 0 aliphatic rings. The number of aromatic carboxylic acids is 1. The fourth-order valence-corrected chi connectivity index (χ4v) is 1.14. The van der Waals surface area contributed by atoms with Gasteiger partial charge in [0.25, 0.3) is 0 Å². The first-order chi connectivity index (χ1) is 5.24. The van der Waals surface area contributed by atoms with Gasteiger partial charge in [0.1, 0.15) is 0 Å². The normalized spacial score (nSPS) is 9.55. The fourth-order valence-electron chi connectivity index (χ4n) is 0.734. The van der Waals surface area contributed by atoms with Gasteiger partial charge in [-0.2, -0.15) is 0 Å². The van der Waals surface area contributed by atoms with E-state index >= 15 is 0 Å². The molecule has 2 nitrogen and oxygen atoms in total. The van der Waals surface area contributed by atoms with Crippen LogP contribution < -0.4 is 0 Å². The zero-order valence-corrected chi connectivity index (χ0v) is 6.89. The highest BCUT2D eigenvalue weighted by Crippen LogP contribution is 2.14. The summed E-state index contributed by atoms with van der Waals surface area (Å²) in [5.74, 6) is -0.877. The van der Waals surface area contributed by atoms with E-state index in [-0.39, 0.29) is 0 Å². The number of carboxylic acid groups (broad SMARTS) is 1. The molecular formula is C8H8O2S. The van der Waals surface area contributed by atoms with Gasteiger partial charge in [-0.05, 0) is 30.5 Å². The van der Waals surface area contributed by atoms with Crippen LogP contribution in [0, 0.1) is 0 Å². The smallest absolute Gasteiger partial charge is 0.335 e. The Morgan fingerprint density at radius 2 is 1.91 bits per heavy atom. The third kappa shape index (κ3) is 1.98. The molecule has 0 bridgehead atoms. The minimum absolute atomic E-state index is 0.336. The second-order valence-corrected chi connectivity index (χ2v) is 2.91. The lowest BCUT2D eigenvalue weighted by atomic mass is 10.9. The number of carbonyl (C=O) groups is 1. The van der Waals surface area contributed by atoms with Crippen LogP contribution in [0.2, 0.25) is 0 Å². The topological polar surface area (TPSA) is 37.3 Å². The van der Waals surface area contributed by atoms with Gasteiger partial charge in [0.2, 0.25) is 0 Å². The third-order valence-electron chi connectivity index (χ3n) is 1.34. The Labute approximate surface area is 69.2 Å². The van der Waals surface area contributed by atoms with Crippen molar-refractivity contribution in [1.82, 2.24) is 0 Å². The summed E-state index contributed by atoms with van der Waals surface area (Å²) >= 11 is 1.60. The van der Waals surface area contributed by atoms with Crippen molar-refractivity contribution >= 4 is 17.7 Å². The summed E-state index contributed by atoms with van der Waals surface area (Å²) in [6.07, 6.45) is 1.95. The molecule has 0 amide bonds. The van der Waals surface area contributed by atoms with Gasteiger partial charge in [-0.1, -0.05) is 0 Å². The van der Waals surface area contributed by atoms with Crippen molar-refractivity contribution in [2.45, 2.75) is 4.90 Å². The van der Waals surface area contributed by atoms with E-state index in [1.54, 1.807) is 36.0 Å². The van der Waals surface area contributed by atoms with Crippen LogP contribution in [0.3, 0.4) is 0 Å². The van der Waals surface area contributed by atoms with Crippen LogP contribution in [0.5, 0.6) is 0 Å². The van der Waals surface area contributed by atoms with E-state index in [9.17, 15) is 4.79 Å². The van der Waals surface area contributed by atoms with Crippen LogP contribution in [0.4, 0.5) is 0 Å². The Bertz CT molecular complexity index is 253. The molecule has 11 heavy (non-hydrogen) atoms. The van der Waals surface area contributed by atoms with Crippen LogP contribution in [0.25, 0.3) is 0 Å². The summed E-state index contributed by atoms with van der Waals surface area (Å²) in [7, 11) is 0. The van der Waals surface area contributed by atoms with Gasteiger partial charge in [0.05, 0.1) is 5.56 Å². The molecule has 0 atom stereocenters. The molecule has 3 heteroatoms. The summed E-state index contributed by atoms with van der Waals surface area (Å²) in [6, 6.07) is 6.81. The highest BCUT2D eigenvalue weighted by atomic mass is 32.2. The monoisotopic (exact) mass is 174 g/mol. The largest absolute Gasteiger partial charge is 0.478 e. The van der Waals surface area contributed by atoms with Crippen LogP contribution >= 0.6 is 11.8 Å². The molecule has 1 N–H and O–H groups in total. The standard InChI is InChI=1S/C8H8O2S/c1-11-7-4-2-6(3-5-7)8(9)10/h2-5H,1H3,(H,9,10)/i2+1,3+1,4+1,5+1,6+1,7+1. The van der Waals surface area contributed by atoms with Crippen molar-refractivity contribution in [2.75, 3.05) is 6.26 Å². The molecular weight excluding hydrogens is 166 g/mol. The average Bonchev–Trinajstić information content (AvgIpc) is 2.05. The summed E-state index contributed by atoms with van der Waals surface area (Å²) in [6.45, 7) is 0. The van der Waals surface area contributed by atoms with E-state index in [2.05, 4.69) is 0 Å². The zero-order valence-electron chi connectivity index (χ0n) is 6.07. The third-order valence-corrected chi connectivity index (χ3v) is 2.08. The van der Waals surface area contributed by atoms with Crippen molar-refractivity contribution < 1.29 is 9.90 Å². The minimum atomic E-state index is -0.877. The molecule has 0 aliphatic heterocycles. The predicted octanol–water partition coefficient (Wildman–Crippen LogP) is 2.11. The van der Waals surface area contributed by atoms with E-state index in [4.69, 9.17) is 5.11 Å². The Kier molecular flexibility index (Phi) is 2.54. The number of rotatable bonds is 2. The quantitative estimate of drug-likeness (QED) is 0.697. The lowest BCUT2D eigenvalue weighted by Crippen LogP contribution is -1.94. The molecule has 1 aromatic carbocycles. The maximum Gasteiger partial charge on any atom is 0.335 e. The van der Waals surface area contributed by atoms with Crippen LogP contribution in [0.15, 0.2) is 29.2 Å². The molecule has 0 radical (unpaired) electrons. The zero-order chi connectivity index (χ0) is 8.27. The van der Waals surface area contributed by atoms with E-state index in [1.165, 1.54) is 0 Å². The van der Waals surface area contributed by atoms with Gasteiger partial charge in [-0.3, -0.25) is 0 Å². The molecule has 0 unspecified atom stereocenters. The van der Waals surface area contributed by atoms with E-state index in [0.29, 0.717) is 5.56 Å². The Morgan fingerprint density at radius 3 is 2.27 bits per heavy atom. The van der Waals surface area contributed by atoms with Gasteiger partial charge in [0, 0.05) is 4.90 Å². The lowest BCUT2D eigenvalue weighted by Gasteiger charge is -1.95. The predicted molar refractivity (Wildman–Crippen MR) is 45.2 cm³/mol. The summed E-state index contributed by atoms with van der Waals surface area (Å²) < 4.78 is 0. The van der Waals surface area contributed by atoms with Gasteiger partial charge >= 0.3 is 5.97 Å². The fraction of sp³-hybridized carbons (Fsp3) is 0.125. The molecule has 58 valence electrons. The summed E-state index contributed by atoms with van der Waals surface area (Å²) in [5, 5.41) is 8.54. The van der Waals surface area contributed by atoms with Crippen molar-refractivity contribution in [2.24, 2.45) is 0 Å². The van der Waals surface area contributed by atoms with Gasteiger partial charge < -0.3 is 5.11 Å². The Morgan fingerprint density at radius 1 is 1.36 bits per heavy atom. The first-order valence-electron chi connectivity index (χ1n) is 3.11. The average molecular weight is 174 g/mol. The number of carboxylic acids is 1. The number of benzene rings is 1. The Balaban J connectivity index is 2.91. The van der Waals surface area contributed by atoms with Crippen molar-refractivity contribution in [3.05, 3.63) is 29.8 Å². The van der Waals surface area contributed by atoms with Crippen molar-refractivity contribution in [3.8, 4) is 0 Å². The van der Waals surface area contributed by atoms with E-state index in [0.717, 1.165) is 4.90 Å². The maximum atomic E-state index is 10.4. The summed E-state index contributed by atoms with van der Waals surface area (Å²) in [5.41, 5.74) is 0.336. The summed E-state index contributed by atoms with van der Waals surface area (Å²) in [4.78, 5) is 11.5. The second kappa shape index (κ2) is 3.44. The van der Waals surface area contributed by atoms with Crippen LogP contribution in [-0.2, 0) is 0 Å². The maximum absolute atomic E-state index is 10.4. The van der Waals surface area contributed by atoms with Gasteiger partial charge in [0.15, 0.2) is 0 Å². The minimum Gasteiger partial charge on any atom is -0.478 e. The molecule has 0 heterocycles. The molecule has 0 aliphatic carbocycles. The first kappa shape index (κ1) is 8.14. The number of thioether (sulfide) groups is 1. The molecule has 0 saturated heterocycles. The molecule has 0 fully saturated rings. The number of hydrogen-bond acceptors (Lipinski definition) is 2. The number of hydrogen-bond donors (Lipinski definition) is 1. The SMILES string of the molecule is CS[13c]1[13cH][13cH][13c](C(=O)O)[13cH][13cH]1. The van der Waals surface area contributed by atoms with E-state index < -0.39 is 5.97 Å². The molecule has 0 saturated carbocycles. The second-order valence-electron chi connectivity index (χ2n) is 2.03. The van der Waals surface area contributed by atoms with Crippen LogP contribution in [0.1, 0.15) is 10.4 Å². The highest BCUT2D eigenvalue weighted by molar-refractivity contribution is 7.98. The molecule has 1 rings (SSSR count). The highest BCUT2D eigenvalue weighted by Gasteiger charge is 1.99.